The molecule has 0 spiro atoms. The molecule has 0 saturated heterocycles. The van der Waals surface area contributed by atoms with E-state index in [1.807, 2.05) is 12.1 Å². The number of nitrogens with zero attached hydrogens (tertiary/aromatic N) is 4. The average Bonchev–Trinajstić information content (AvgIpc) is 3.23. The summed E-state index contributed by atoms with van der Waals surface area (Å²) >= 11 is 0. The van der Waals surface area contributed by atoms with E-state index in [9.17, 15) is 9.59 Å². The van der Waals surface area contributed by atoms with Gasteiger partial charge in [-0.15, -0.1) is 0 Å². The number of benzene rings is 1. The Labute approximate surface area is 155 Å². The summed E-state index contributed by atoms with van der Waals surface area (Å²) in [5, 5.41) is 2.89. The van der Waals surface area contributed by atoms with Crippen molar-refractivity contribution in [2.75, 3.05) is 18.6 Å². The number of carbonyl (C=O) groups excluding carboxylic acids is 2. The number of hydrogen-bond donors (Lipinski definition) is 1. The van der Waals surface area contributed by atoms with Crippen LogP contribution >= 0.6 is 0 Å². The lowest BCUT2D eigenvalue weighted by atomic mass is 10.1. The first-order valence-electron chi connectivity index (χ1n) is 8.37. The molecule has 4 rings (SSSR count). The fraction of sp³-hybridized carbons (Fsp3) is 0.158. The van der Waals surface area contributed by atoms with E-state index in [1.54, 1.807) is 54.7 Å². The Balaban J connectivity index is 1.52. The highest BCUT2D eigenvalue weighted by Crippen LogP contribution is 2.31. The van der Waals surface area contributed by atoms with Gasteiger partial charge in [-0.2, -0.15) is 0 Å². The van der Waals surface area contributed by atoms with Crippen LogP contribution in [0.4, 0.5) is 5.69 Å². The Morgan fingerprint density at radius 3 is 3.00 bits per heavy atom. The van der Waals surface area contributed by atoms with Crippen molar-refractivity contribution in [1.29, 1.82) is 0 Å². The fourth-order valence-corrected chi connectivity index (χ4v) is 2.88. The molecule has 0 atom stereocenters. The van der Waals surface area contributed by atoms with Gasteiger partial charge < -0.3 is 15.0 Å². The van der Waals surface area contributed by atoms with E-state index in [2.05, 4.69) is 15.3 Å². The van der Waals surface area contributed by atoms with E-state index in [1.165, 1.54) is 4.90 Å². The summed E-state index contributed by atoms with van der Waals surface area (Å²) in [6.07, 6.45) is 6.81. The average molecular weight is 363 g/mol. The molecule has 0 fully saturated rings. The van der Waals surface area contributed by atoms with Crippen LogP contribution in [0.25, 0.3) is 5.82 Å². The number of hydrogen-bond acceptors (Lipinski definition) is 5. The molecule has 136 valence electrons. The van der Waals surface area contributed by atoms with Crippen LogP contribution < -0.4 is 15.0 Å². The van der Waals surface area contributed by atoms with Gasteiger partial charge in [-0.25, -0.2) is 9.97 Å². The smallest absolute Gasteiger partial charge is 0.264 e. The largest absolute Gasteiger partial charge is 0.482 e. The van der Waals surface area contributed by atoms with Crippen molar-refractivity contribution in [2.45, 2.75) is 6.54 Å². The van der Waals surface area contributed by atoms with E-state index in [0.717, 1.165) is 5.56 Å². The number of carbonyl (C=O) groups is 2. The number of nitrogens with one attached hydrogen (secondary N) is 1. The van der Waals surface area contributed by atoms with E-state index < -0.39 is 0 Å². The van der Waals surface area contributed by atoms with Gasteiger partial charge in [0.15, 0.2) is 6.61 Å². The number of likely N-dealkylation sites (N-methyl/N-ethyl adjacent to an activating group) is 1. The van der Waals surface area contributed by atoms with Crippen molar-refractivity contribution < 1.29 is 14.3 Å². The van der Waals surface area contributed by atoms with Gasteiger partial charge in [-0.1, -0.05) is 6.07 Å². The minimum Gasteiger partial charge on any atom is -0.482 e. The highest BCUT2D eigenvalue weighted by Gasteiger charge is 2.23. The molecule has 27 heavy (non-hydrogen) atoms. The van der Waals surface area contributed by atoms with Gasteiger partial charge in [0.2, 0.25) is 0 Å². The molecule has 1 aromatic carbocycles. The van der Waals surface area contributed by atoms with Crippen LogP contribution in [0.1, 0.15) is 15.9 Å². The normalized spacial score (nSPS) is 13.1. The standard InChI is InChI=1S/C19H17N5O3/c1-23-15-9-13(4-5-16(15)27-11-17(23)25)19(26)22-10-14-3-2-6-21-18(14)24-8-7-20-12-24/h2-9,12H,10-11H2,1H3,(H,22,26). The summed E-state index contributed by atoms with van der Waals surface area (Å²) in [5.74, 6) is 0.896. The van der Waals surface area contributed by atoms with Gasteiger partial charge in [-0.3, -0.25) is 14.2 Å². The van der Waals surface area contributed by atoms with Crippen molar-refractivity contribution in [3.8, 4) is 11.6 Å². The maximum Gasteiger partial charge on any atom is 0.264 e. The molecular formula is C19H17N5O3. The Kier molecular flexibility index (Phi) is 4.29. The zero-order valence-electron chi connectivity index (χ0n) is 14.6. The number of aromatic nitrogens is 3. The SMILES string of the molecule is CN1C(=O)COc2ccc(C(=O)NCc3cccnc3-n3ccnc3)cc21. The molecule has 3 heterocycles. The lowest BCUT2D eigenvalue weighted by Crippen LogP contribution is -2.35. The zero-order chi connectivity index (χ0) is 18.8. The number of fused-ring (bicyclic) bond motifs is 1. The lowest BCUT2D eigenvalue weighted by Gasteiger charge is -2.26. The second kappa shape index (κ2) is 6.91. The van der Waals surface area contributed by atoms with E-state index >= 15 is 0 Å². The van der Waals surface area contributed by atoms with Crippen molar-refractivity contribution >= 4 is 17.5 Å². The Hall–Kier alpha value is -3.68. The van der Waals surface area contributed by atoms with Gasteiger partial charge in [0.25, 0.3) is 11.8 Å². The Bertz CT molecular complexity index is 1000. The molecule has 2 aromatic heterocycles. The van der Waals surface area contributed by atoms with Gasteiger partial charge in [0, 0.05) is 43.3 Å². The summed E-state index contributed by atoms with van der Waals surface area (Å²) in [6.45, 7) is 0.315. The van der Waals surface area contributed by atoms with Gasteiger partial charge >= 0.3 is 0 Å². The molecule has 0 saturated carbocycles. The Morgan fingerprint density at radius 2 is 2.19 bits per heavy atom. The van der Waals surface area contributed by atoms with Crippen molar-refractivity contribution in [2.24, 2.45) is 0 Å². The third-order valence-electron chi connectivity index (χ3n) is 4.36. The predicted octanol–water partition coefficient (Wildman–Crippen LogP) is 1.55. The molecule has 8 heteroatoms. The second-order valence-corrected chi connectivity index (χ2v) is 6.06. The highest BCUT2D eigenvalue weighted by molar-refractivity contribution is 6.00. The fourth-order valence-electron chi connectivity index (χ4n) is 2.88. The third kappa shape index (κ3) is 3.24. The maximum absolute atomic E-state index is 12.6. The summed E-state index contributed by atoms with van der Waals surface area (Å²) in [4.78, 5) is 34.3. The van der Waals surface area contributed by atoms with Crippen molar-refractivity contribution in [3.63, 3.8) is 0 Å². The molecule has 0 unspecified atom stereocenters. The van der Waals surface area contributed by atoms with Crippen LogP contribution in [-0.2, 0) is 11.3 Å². The number of rotatable bonds is 4. The van der Waals surface area contributed by atoms with E-state index in [0.29, 0.717) is 29.4 Å². The molecule has 2 amide bonds. The van der Waals surface area contributed by atoms with E-state index in [-0.39, 0.29) is 18.4 Å². The molecule has 8 nitrogen and oxygen atoms in total. The molecule has 3 aromatic rings. The minimum atomic E-state index is -0.246. The van der Waals surface area contributed by atoms with E-state index in [4.69, 9.17) is 4.74 Å². The molecular weight excluding hydrogens is 346 g/mol. The van der Waals surface area contributed by atoms with Crippen LogP contribution in [0.3, 0.4) is 0 Å². The molecule has 1 aliphatic heterocycles. The second-order valence-electron chi connectivity index (χ2n) is 6.06. The quantitative estimate of drug-likeness (QED) is 0.760. The van der Waals surface area contributed by atoms with Crippen molar-refractivity contribution in [3.05, 3.63) is 66.4 Å². The van der Waals surface area contributed by atoms with Crippen LogP contribution in [0.5, 0.6) is 5.75 Å². The summed E-state index contributed by atoms with van der Waals surface area (Å²) in [7, 11) is 1.67. The maximum atomic E-state index is 12.6. The van der Waals surface area contributed by atoms with Gasteiger partial charge in [-0.05, 0) is 24.3 Å². The third-order valence-corrected chi connectivity index (χ3v) is 4.36. The number of pyridine rings is 1. The number of ether oxygens (including phenoxy) is 1. The molecule has 0 aliphatic carbocycles. The summed E-state index contributed by atoms with van der Waals surface area (Å²) in [5.41, 5.74) is 1.89. The van der Waals surface area contributed by atoms with Crippen LogP contribution in [0.2, 0.25) is 0 Å². The summed E-state index contributed by atoms with van der Waals surface area (Å²) in [6, 6.07) is 8.75. The summed E-state index contributed by atoms with van der Waals surface area (Å²) < 4.78 is 7.18. The highest BCUT2D eigenvalue weighted by atomic mass is 16.5. The van der Waals surface area contributed by atoms with Gasteiger partial charge in [0.05, 0.1) is 5.69 Å². The monoisotopic (exact) mass is 363 g/mol. The molecule has 1 aliphatic rings. The lowest BCUT2D eigenvalue weighted by molar-refractivity contribution is -0.120. The predicted molar refractivity (Wildman–Crippen MR) is 97.9 cm³/mol. The molecule has 0 radical (unpaired) electrons. The number of amides is 2. The topological polar surface area (TPSA) is 89.4 Å². The minimum absolute atomic E-state index is 0.00702. The van der Waals surface area contributed by atoms with Crippen LogP contribution in [-0.4, -0.2) is 40.0 Å². The number of imidazole rings is 1. The molecule has 0 bridgehead atoms. The Morgan fingerprint density at radius 1 is 1.30 bits per heavy atom. The number of anilines is 1. The first kappa shape index (κ1) is 16.8. The first-order valence-corrected chi connectivity index (χ1v) is 8.37. The zero-order valence-corrected chi connectivity index (χ0v) is 14.6. The van der Waals surface area contributed by atoms with Gasteiger partial charge in [0.1, 0.15) is 17.9 Å². The molecule has 1 N–H and O–H groups in total. The van der Waals surface area contributed by atoms with Crippen LogP contribution in [0.15, 0.2) is 55.2 Å². The van der Waals surface area contributed by atoms with Crippen molar-refractivity contribution in [1.82, 2.24) is 19.9 Å². The van der Waals surface area contributed by atoms with Crippen LogP contribution in [0, 0.1) is 0 Å². The first-order chi connectivity index (χ1) is 13.1.